The van der Waals surface area contributed by atoms with Crippen molar-refractivity contribution >= 4 is 0 Å². The Morgan fingerprint density at radius 1 is 1.19 bits per heavy atom. The number of nitrogens with one attached hydrogen (secondary N) is 1. The third-order valence-electron chi connectivity index (χ3n) is 2.24. The fourth-order valence-electron chi connectivity index (χ4n) is 1.13. The molecule has 0 aliphatic carbocycles. The van der Waals surface area contributed by atoms with Gasteiger partial charge in [-0.25, -0.2) is 0 Å². The molecule has 0 amide bonds. The molecule has 3 heteroatoms. The molecule has 1 fully saturated rings. The summed E-state index contributed by atoms with van der Waals surface area (Å²) in [6.07, 6.45) is 1.18. The predicted octanol–water partition coefficient (Wildman–Crippen LogP) is 2.23. The number of methoxy groups -OCH3 is 1. The summed E-state index contributed by atoms with van der Waals surface area (Å²) in [5.74, 6) is 0.778. The van der Waals surface area contributed by atoms with Crippen molar-refractivity contribution < 1.29 is 4.74 Å². The Bertz CT molecular complexity index is 113. The predicted molar refractivity (Wildman–Crippen MR) is 73.0 cm³/mol. The van der Waals surface area contributed by atoms with Gasteiger partial charge in [-0.15, -0.1) is 0 Å². The summed E-state index contributed by atoms with van der Waals surface area (Å²) in [7, 11) is 3.89. The highest BCUT2D eigenvalue weighted by Crippen LogP contribution is 1.96. The summed E-state index contributed by atoms with van der Waals surface area (Å²) >= 11 is 0. The van der Waals surface area contributed by atoms with E-state index in [2.05, 4.69) is 31.1 Å². The Morgan fingerprint density at radius 2 is 1.69 bits per heavy atom. The van der Waals surface area contributed by atoms with Crippen LogP contribution in [0.4, 0.5) is 0 Å². The lowest BCUT2D eigenvalue weighted by Gasteiger charge is -2.21. The van der Waals surface area contributed by atoms with Crippen molar-refractivity contribution in [1.82, 2.24) is 10.2 Å². The second-order valence-corrected chi connectivity index (χ2v) is 4.23. The number of ether oxygens (including phenoxy) is 1. The van der Waals surface area contributed by atoms with Crippen molar-refractivity contribution in [1.29, 1.82) is 0 Å². The molecule has 16 heavy (non-hydrogen) atoms. The second-order valence-electron chi connectivity index (χ2n) is 4.23. The molecule has 0 unspecified atom stereocenters. The minimum Gasteiger partial charge on any atom is -0.385 e. The highest BCUT2D eigenvalue weighted by atomic mass is 16.5. The Kier molecular flexibility index (Phi) is 17.0. The van der Waals surface area contributed by atoms with E-state index in [1.807, 2.05) is 13.8 Å². The first kappa shape index (κ1) is 18.3. The maximum Gasteiger partial charge on any atom is 0.0464 e. The summed E-state index contributed by atoms with van der Waals surface area (Å²) in [6, 6.07) is 0. The van der Waals surface area contributed by atoms with Crippen LogP contribution in [-0.4, -0.2) is 51.8 Å². The molecule has 0 spiro atoms. The SMILES string of the molecule is CC.CN1CCNCC1.COCCC(C)C. The number of piperazine rings is 1. The first-order valence-corrected chi connectivity index (χ1v) is 6.55. The fraction of sp³-hybridized carbons (Fsp3) is 1.00. The smallest absolute Gasteiger partial charge is 0.0464 e. The van der Waals surface area contributed by atoms with Gasteiger partial charge < -0.3 is 15.0 Å². The normalized spacial score (nSPS) is 15.9. The van der Waals surface area contributed by atoms with Crippen LogP contribution in [0.3, 0.4) is 0 Å². The van der Waals surface area contributed by atoms with Crippen LogP contribution in [-0.2, 0) is 4.74 Å². The van der Waals surface area contributed by atoms with E-state index < -0.39 is 0 Å². The van der Waals surface area contributed by atoms with Crippen LogP contribution in [0.2, 0.25) is 0 Å². The monoisotopic (exact) mass is 232 g/mol. The standard InChI is InChI=1S/C6H14O.C5H12N2.C2H6/c1-6(2)4-5-7-3;1-7-4-2-6-3-5-7;1-2/h6H,4-5H2,1-3H3;6H,2-5H2,1H3;1-2H3. The van der Waals surface area contributed by atoms with E-state index in [0.29, 0.717) is 0 Å². The molecule has 3 nitrogen and oxygen atoms in total. The number of rotatable bonds is 3. The van der Waals surface area contributed by atoms with Crippen molar-refractivity contribution in [2.24, 2.45) is 5.92 Å². The lowest BCUT2D eigenvalue weighted by molar-refractivity contribution is 0.183. The van der Waals surface area contributed by atoms with E-state index in [1.54, 1.807) is 7.11 Å². The minimum atomic E-state index is 0.778. The van der Waals surface area contributed by atoms with Crippen LogP contribution in [0.1, 0.15) is 34.1 Å². The van der Waals surface area contributed by atoms with Crippen molar-refractivity contribution in [3.05, 3.63) is 0 Å². The summed E-state index contributed by atoms with van der Waals surface area (Å²) in [5.41, 5.74) is 0. The molecule has 1 saturated heterocycles. The van der Waals surface area contributed by atoms with Crippen molar-refractivity contribution in [2.75, 3.05) is 46.9 Å². The van der Waals surface area contributed by atoms with Crippen molar-refractivity contribution in [3.63, 3.8) is 0 Å². The van der Waals surface area contributed by atoms with Crippen LogP contribution in [0.25, 0.3) is 0 Å². The summed E-state index contributed by atoms with van der Waals surface area (Å²) in [5, 5.41) is 3.27. The van der Waals surface area contributed by atoms with Crippen LogP contribution in [0, 0.1) is 5.92 Å². The number of hydrogen-bond acceptors (Lipinski definition) is 3. The zero-order chi connectivity index (χ0) is 12.8. The van der Waals surface area contributed by atoms with E-state index in [4.69, 9.17) is 4.74 Å². The number of hydrogen-bond donors (Lipinski definition) is 1. The quantitative estimate of drug-likeness (QED) is 0.807. The molecule has 0 atom stereocenters. The maximum atomic E-state index is 4.85. The molecule has 0 saturated carbocycles. The zero-order valence-electron chi connectivity index (χ0n) is 12.2. The molecule has 1 N–H and O–H groups in total. The molecule has 1 aliphatic rings. The molecule has 1 rings (SSSR count). The third-order valence-corrected chi connectivity index (χ3v) is 2.24. The van der Waals surface area contributed by atoms with Crippen molar-refractivity contribution in [2.45, 2.75) is 34.1 Å². The Hall–Kier alpha value is -0.120. The maximum absolute atomic E-state index is 4.85. The molecule has 0 aromatic carbocycles. The van der Waals surface area contributed by atoms with Crippen LogP contribution in [0.5, 0.6) is 0 Å². The molecule has 0 bridgehead atoms. The Morgan fingerprint density at radius 3 is 1.88 bits per heavy atom. The van der Waals surface area contributed by atoms with Crippen LogP contribution in [0.15, 0.2) is 0 Å². The summed E-state index contributed by atoms with van der Waals surface area (Å²) in [4.78, 5) is 2.33. The molecule has 0 aromatic rings. The highest BCUT2D eigenvalue weighted by Gasteiger charge is 2.01. The molecule has 1 heterocycles. The van der Waals surface area contributed by atoms with Crippen molar-refractivity contribution in [3.8, 4) is 0 Å². The summed E-state index contributed by atoms with van der Waals surface area (Å²) < 4.78 is 4.85. The van der Waals surface area contributed by atoms with E-state index in [9.17, 15) is 0 Å². The highest BCUT2D eigenvalue weighted by molar-refractivity contribution is 4.62. The van der Waals surface area contributed by atoms with E-state index in [0.717, 1.165) is 25.6 Å². The van der Waals surface area contributed by atoms with Gasteiger partial charge in [0.15, 0.2) is 0 Å². The molecule has 0 aromatic heterocycles. The zero-order valence-corrected chi connectivity index (χ0v) is 12.2. The molecular weight excluding hydrogens is 200 g/mol. The first-order chi connectivity index (χ1) is 7.66. The third kappa shape index (κ3) is 16.3. The topological polar surface area (TPSA) is 24.5 Å². The number of nitrogens with zero attached hydrogens (tertiary/aromatic N) is 1. The lowest BCUT2D eigenvalue weighted by Crippen LogP contribution is -2.40. The van der Waals surface area contributed by atoms with Gasteiger partial charge in [-0.1, -0.05) is 27.7 Å². The lowest BCUT2D eigenvalue weighted by atomic mass is 10.1. The largest absolute Gasteiger partial charge is 0.385 e. The Labute approximate surface area is 103 Å². The van der Waals surface area contributed by atoms with Gasteiger partial charge in [0.05, 0.1) is 0 Å². The van der Waals surface area contributed by atoms with Gasteiger partial charge in [0.25, 0.3) is 0 Å². The van der Waals surface area contributed by atoms with Gasteiger partial charge >= 0.3 is 0 Å². The van der Waals surface area contributed by atoms with Crippen LogP contribution < -0.4 is 5.32 Å². The van der Waals surface area contributed by atoms with E-state index in [1.165, 1.54) is 19.5 Å². The fourth-order valence-corrected chi connectivity index (χ4v) is 1.13. The average molecular weight is 232 g/mol. The van der Waals surface area contributed by atoms with Gasteiger partial charge in [-0.2, -0.15) is 0 Å². The van der Waals surface area contributed by atoms with Gasteiger partial charge in [-0.05, 0) is 19.4 Å². The summed E-state index contributed by atoms with van der Waals surface area (Å²) in [6.45, 7) is 14.0. The van der Waals surface area contributed by atoms with Gasteiger partial charge in [0, 0.05) is 39.9 Å². The average Bonchev–Trinajstić information content (AvgIpc) is 2.31. The van der Waals surface area contributed by atoms with Gasteiger partial charge in [0.1, 0.15) is 0 Å². The van der Waals surface area contributed by atoms with E-state index >= 15 is 0 Å². The van der Waals surface area contributed by atoms with Gasteiger partial charge in [-0.3, -0.25) is 0 Å². The Balaban J connectivity index is 0. The molecular formula is C13H32N2O. The molecule has 100 valence electrons. The molecule has 1 aliphatic heterocycles. The second kappa shape index (κ2) is 14.9. The first-order valence-electron chi connectivity index (χ1n) is 6.55. The number of likely N-dealkylation sites (N-methyl/N-ethyl adjacent to an activating group) is 1. The molecule has 0 radical (unpaired) electrons. The van der Waals surface area contributed by atoms with E-state index in [-0.39, 0.29) is 0 Å². The minimum absolute atomic E-state index is 0.778. The van der Waals surface area contributed by atoms with Crippen LogP contribution >= 0.6 is 0 Å². The van der Waals surface area contributed by atoms with Gasteiger partial charge in [0.2, 0.25) is 0 Å².